The molecule has 1 amide bonds. The Bertz CT molecular complexity index is 887. The van der Waals surface area contributed by atoms with Crippen LogP contribution in [0.25, 0.3) is 0 Å². The van der Waals surface area contributed by atoms with Crippen molar-refractivity contribution in [1.82, 2.24) is 24.3 Å². The van der Waals surface area contributed by atoms with Crippen molar-refractivity contribution in [1.29, 1.82) is 0 Å². The average molecular weight is 394 g/mol. The summed E-state index contributed by atoms with van der Waals surface area (Å²) in [6.45, 7) is 5.00. The number of nitrogens with zero attached hydrogens (tertiary/aromatic N) is 6. The lowest BCUT2D eigenvalue weighted by molar-refractivity contribution is -0.131. The molecule has 0 spiro atoms. The standard InChI is InChI=1S/C16H22N6O4S/c1-12-15(13(2)26-19-12)27(24,25)20(3)11-14(23)21-7-9-22(10-8-21)16-17-5-4-6-18-16/h4-6H,7-11H2,1-3H3. The second-order valence-corrected chi connectivity index (χ2v) is 8.31. The molecule has 0 aromatic carbocycles. The first-order valence-electron chi connectivity index (χ1n) is 8.49. The zero-order chi connectivity index (χ0) is 19.6. The van der Waals surface area contributed by atoms with E-state index in [0.717, 1.165) is 4.31 Å². The fourth-order valence-corrected chi connectivity index (χ4v) is 4.39. The van der Waals surface area contributed by atoms with Crippen LogP contribution in [-0.2, 0) is 14.8 Å². The molecule has 11 heteroatoms. The SMILES string of the molecule is Cc1noc(C)c1S(=O)(=O)N(C)CC(=O)N1CCN(c2ncccn2)CC1. The molecule has 0 bridgehead atoms. The van der Waals surface area contributed by atoms with E-state index in [4.69, 9.17) is 4.52 Å². The van der Waals surface area contributed by atoms with E-state index in [2.05, 4.69) is 15.1 Å². The number of aromatic nitrogens is 3. The Hall–Kier alpha value is -2.53. The second kappa shape index (κ2) is 7.61. The Balaban J connectivity index is 1.61. The maximum absolute atomic E-state index is 12.7. The van der Waals surface area contributed by atoms with Crippen LogP contribution in [0.3, 0.4) is 0 Å². The third-order valence-electron chi connectivity index (χ3n) is 4.46. The summed E-state index contributed by atoms with van der Waals surface area (Å²) in [6.07, 6.45) is 3.35. The zero-order valence-corrected chi connectivity index (χ0v) is 16.3. The van der Waals surface area contributed by atoms with Crippen LogP contribution in [0.5, 0.6) is 0 Å². The number of aryl methyl sites for hydroxylation is 2. The van der Waals surface area contributed by atoms with Gasteiger partial charge in [-0.2, -0.15) is 4.31 Å². The topological polar surface area (TPSA) is 113 Å². The predicted octanol–water partition coefficient (Wildman–Crippen LogP) is 0.0507. The maximum atomic E-state index is 12.7. The molecule has 1 aliphatic rings. The normalized spacial score (nSPS) is 15.4. The fraction of sp³-hybridized carbons (Fsp3) is 0.500. The van der Waals surface area contributed by atoms with Crippen LogP contribution < -0.4 is 4.90 Å². The molecule has 1 fully saturated rings. The highest BCUT2D eigenvalue weighted by Crippen LogP contribution is 2.22. The second-order valence-electron chi connectivity index (χ2n) is 6.33. The first kappa shape index (κ1) is 19.2. The number of carbonyl (C=O) groups excluding carboxylic acids is 1. The minimum Gasteiger partial charge on any atom is -0.360 e. The number of carbonyl (C=O) groups is 1. The van der Waals surface area contributed by atoms with Crippen molar-refractivity contribution in [3.63, 3.8) is 0 Å². The van der Waals surface area contributed by atoms with Crippen LogP contribution in [0.4, 0.5) is 5.95 Å². The number of likely N-dealkylation sites (N-methyl/N-ethyl adjacent to an activating group) is 1. The van der Waals surface area contributed by atoms with Gasteiger partial charge in [-0.1, -0.05) is 5.16 Å². The van der Waals surface area contributed by atoms with Crippen LogP contribution in [0.2, 0.25) is 0 Å². The Kier molecular flexibility index (Phi) is 5.42. The quantitative estimate of drug-likeness (QED) is 0.699. The molecular weight excluding hydrogens is 372 g/mol. The molecule has 0 atom stereocenters. The van der Waals surface area contributed by atoms with Gasteiger partial charge in [0.15, 0.2) is 5.76 Å². The summed E-state index contributed by atoms with van der Waals surface area (Å²) >= 11 is 0. The molecule has 0 saturated carbocycles. The van der Waals surface area contributed by atoms with E-state index < -0.39 is 10.0 Å². The van der Waals surface area contributed by atoms with Gasteiger partial charge in [-0.3, -0.25) is 4.79 Å². The summed E-state index contributed by atoms with van der Waals surface area (Å²) in [5, 5.41) is 3.68. The summed E-state index contributed by atoms with van der Waals surface area (Å²) in [7, 11) is -2.46. The minimum absolute atomic E-state index is 0.0174. The highest BCUT2D eigenvalue weighted by Gasteiger charge is 2.31. The molecule has 0 N–H and O–H groups in total. The predicted molar refractivity (Wildman–Crippen MR) is 96.6 cm³/mol. The van der Waals surface area contributed by atoms with E-state index in [1.54, 1.807) is 30.3 Å². The zero-order valence-electron chi connectivity index (χ0n) is 15.5. The third-order valence-corrected chi connectivity index (χ3v) is 6.51. The van der Waals surface area contributed by atoms with E-state index in [9.17, 15) is 13.2 Å². The summed E-state index contributed by atoms with van der Waals surface area (Å²) in [5.41, 5.74) is 0.281. The molecule has 0 unspecified atom stereocenters. The molecule has 0 aliphatic carbocycles. The lowest BCUT2D eigenvalue weighted by atomic mass is 10.3. The molecule has 1 aliphatic heterocycles. The number of piperazine rings is 1. The van der Waals surface area contributed by atoms with E-state index in [-0.39, 0.29) is 28.8 Å². The molecule has 3 heterocycles. The van der Waals surface area contributed by atoms with Crippen LogP contribution in [0, 0.1) is 13.8 Å². The Morgan fingerprint density at radius 2 is 1.81 bits per heavy atom. The number of hydrogen-bond acceptors (Lipinski definition) is 8. The van der Waals surface area contributed by atoms with Crippen molar-refractivity contribution < 1.29 is 17.7 Å². The van der Waals surface area contributed by atoms with E-state index in [0.29, 0.717) is 32.1 Å². The summed E-state index contributed by atoms with van der Waals surface area (Å²) < 4.78 is 31.4. The molecule has 1 saturated heterocycles. The van der Waals surface area contributed by atoms with Gasteiger partial charge in [0.2, 0.25) is 21.9 Å². The van der Waals surface area contributed by atoms with Crippen LogP contribution >= 0.6 is 0 Å². The maximum Gasteiger partial charge on any atom is 0.248 e. The number of amides is 1. The largest absolute Gasteiger partial charge is 0.360 e. The number of sulfonamides is 1. The van der Waals surface area contributed by atoms with Gasteiger partial charge in [0.1, 0.15) is 10.6 Å². The molecule has 27 heavy (non-hydrogen) atoms. The average Bonchev–Trinajstić information content (AvgIpc) is 3.01. The summed E-state index contributed by atoms with van der Waals surface area (Å²) in [6, 6.07) is 1.75. The monoisotopic (exact) mass is 394 g/mol. The lowest BCUT2D eigenvalue weighted by Gasteiger charge is -2.35. The Morgan fingerprint density at radius 3 is 2.37 bits per heavy atom. The van der Waals surface area contributed by atoms with Gasteiger partial charge in [-0.25, -0.2) is 18.4 Å². The molecule has 2 aromatic heterocycles. The van der Waals surface area contributed by atoms with E-state index in [1.807, 2.05) is 4.90 Å². The highest BCUT2D eigenvalue weighted by molar-refractivity contribution is 7.89. The molecule has 10 nitrogen and oxygen atoms in total. The first-order valence-corrected chi connectivity index (χ1v) is 9.93. The number of hydrogen-bond donors (Lipinski definition) is 0. The van der Waals surface area contributed by atoms with Crippen LogP contribution in [-0.4, -0.2) is 78.4 Å². The summed E-state index contributed by atoms with van der Waals surface area (Å²) in [4.78, 5) is 24.6. The van der Waals surface area contributed by atoms with Gasteiger partial charge in [0, 0.05) is 45.6 Å². The van der Waals surface area contributed by atoms with Gasteiger partial charge in [0.25, 0.3) is 0 Å². The van der Waals surface area contributed by atoms with Gasteiger partial charge in [-0.15, -0.1) is 0 Å². The summed E-state index contributed by atoms with van der Waals surface area (Å²) in [5.74, 6) is 0.590. The van der Waals surface area contributed by atoms with Gasteiger partial charge in [0.05, 0.1) is 6.54 Å². The van der Waals surface area contributed by atoms with Crippen molar-refractivity contribution in [3.05, 3.63) is 29.9 Å². The van der Waals surface area contributed by atoms with Crippen LogP contribution in [0.1, 0.15) is 11.5 Å². The fourth-order valence-electron chi connectivity index (χ4n) is 2.98. The Labute approximate surface area is 157 Å². The third kappa shape index (κ3) is 3.93. The van der Waals surface area contributed by atoms with Gasteiger partial charge in [-0.05, 0) is 19.9 Å². The van der Waals surface area contributed by atoms with Crippen molar-refractivity contribution in [2.45, 2.75) is 18.7 Å². The van der Waals surface area contributed by atoms with Gasteiger partial charge >= 0.3 is 0 Å². The lowest BCUT2D eigenvalue weighted by Crippen LogP contribution is -2.51. The van der Waals surface area contributed by atoms with Crippen LogP contribution in [0.15, 0.2) is 27.9 Å². The van der Waals surface area contributed by atoms with Crippen molar-refractivity contribution >= 4 is 21.9 Å². The van der Waals surface area contributed by atoms with Crippen molar-refractivity contribution in [3.8, 4) is 0 Å². The molecule has 146 valence electrons. The first-order chi connectivity index (χ1) is 12.8. The number of rotatable bonds is 5. The molecule has 0 radical (unpaired) electrons. The van der Waals surface area contributed by atoms with E-state index >= 15 is 0 Å². The van der Waals surface area contributed by atoms with Crippen molar-refractivity contribution in [2.75, 3.05) is 44.7 Å². The minimum atomic E-state index is -3.85. The molecule has 3 rings (SSSR count). The Morgan fingerprint density at radius 1 is 1.19 bits per heavy atom. The molecule has 2 aromatic rings. The van der Waals surface area contributed by atoms with Crippen molar-refractivity contribution in [2.24, 2.45) is 0 Å². The number of anilines is 1. The van der Waals surface area contributed by atoms with Gasteiger partial charge < -0.3 is 14.3 Å². The smallest absolute Gasteiger partial charge is 0.248 e. The highest BCUT2D eigenvalue weighted by atomic mass is 32.2. The molecular formula is C16H22N6O4S. The van der Waals surface area contributed by atoms with E-state index in [1.165, 1.54) is 14.0 Å².